The Morgan fingerprint density at radius 1 is 1.00 bits per heavy atom. The van der Waals surface area contributed by atoms with Crippen LogP contribution in [0, 0.1) is 0 Å². The molecule has 1 aromatic heterocycles. The average molecular weight is 308 g/mol. The SMILES string of the molecule is O=C(/C=C\Sc1nnnn1-c1ccccc1)c1ccccc1. The summed E-state index contributed by atoms with van der Waals surface area (Å²) in [7, 11) is 0. The summed E-state index contributed by atoms with van der Waals surface area (Å²) < 4.78 is 1.63. The van der Waals surface area contributed by atoms with Gasteiger partial charge >= 0.3 is 0 Å². The van der Waals surface area contributed by atoms with E-state index in [9.17, 15) is 4.79 Å². The van der Waals surface area contributed by atoms with E-state index < -0.39 is 0 Å². The number of carbonyl (C=O) groups excluding carboxylic acids is 1. The fraction of sp³-hybridized carbons (Fsp3) is 0. The number of benzene rings is 2. The van der Waals surface area contributed by atoms with E-state index in [-0.39, 0.29) is 5.78 Å². The van der Waals surface area contributed by atoms with Crippen LogP contribution in [0.15, 0.2) is 77.3 Å². The second kappa shape index (κ2) is 6.82. The zero-order valence-corrected chi connectivity index (χ0v) is 12.4. The zero-order valence-electron chi connectivity index (χ0n) is 11.5. The maximum atomic E-state index is 12.0. The summed E-state index contributed by atoms with van der Waals surface area (Å²) >= 11 is 1.30. The van der Waals surface area contributed by atoms with Crippen LogP contribution < -0.4 is 0 Å². The summed E-state index contributed by atoms with van der Waals surface area (Å²) in [4.78, 5) is 12.0. The maximum absolute atomic E-state index is 12.0. The van der Waals surface area contributed by atoms with Gasteiger partial charge in [-0.3, -0.25) is 4.79 Å². The number of ketones is 1. The smallest absolute Gasteiger partial charge is 0.218 e. The molecule has 0 aliphatic rings. The van der Waals surface area contributed by atoms with E-state index in [1.165, 1.54) is 17.8 Å². The van der Waals surface area contributed by atoms with Gasteiger partial charge in [0.05, 0.1) is 5.69 Å². The van der Waals surface area contributed by atoms with Crippen molar-refractivity contribution in [3.63, 3.8) is 0 Å². The lowest BCUT2D eigenvalue weighted by atomic mass is 10.1. The maximum Gasteiger partial charge on any atom is 0.218 e. The van der Waals surface area contributed by atoms with Gasteiger partial charge in [0.1, 0.15) is 0 Å². The number of rotatable bonds is 5. The normalized spacial score (nSPS) is 10.9. The van der Waals surface area contributed by atoms with E-state index >= 15 is 0 Å². The van der Waals surface area contributed by atoms with Gasteiger partial charge in [-0.1, -0.05) is 60.3 Å². The minimum Gasteiger partial charge on any atom is -0.289 e. The number of nitrogens with zero attached hydrogens (tertiary/aromatic N) is 4. The molecule has 0 radical (unpaired) electrons. The number of allylic oxidation sites excluding steroid dienone is 1. The Balaban J connectivity index is 1.72. The fourth-order valence-electron chi connectivity index (χ4n) is 1.84. The lowest BCUT2D eigenvalue weighted by molar-refractivity contribution is 0.104. The zero-order chi connectivity index (χ0) is 15.2. The Kier molecular flexibility index (Phi) is 4.41. The van der Waals surface area contributed by atoms with Gasteiger partial charge in [0.15, 0.2) is 5.78 Å². The average Bonchev–Trinajstić information content (AvgIpc) is 3.05. The molecular formula is C16H12N4OS. The Hall–Kier alpha value is -2.73. The second-order valence-electron chi connectivity index (χ2n) is 4.36. The summed E-state index contributed by atoms with van der Waals surface area (Å²) in [6.45, 7) is 0. The minimum atomic E-state index is -0.0492. The number of para-hydroxylation sites is 1. The molecule has 6 heteroatoms. The topological polar surface area (TPSA) is 60.7 Å². The highest BCUT2D eigenvalue weighted by atomic mass is 32.2. The molecule has 108 valence electrons. The minimum absolute atomic E-state index is 0.0492. The van der Waals surface area contributed by atoms with Gasteiger partial charge in [0.25, 0.3) is 0 Å². The molecule has 0 amide bonds. The molecule has 0 N–H and O–H groups in total. The first-order valence-corrected chi connectivity index (χ1v) is 7.49. The quantitative estimate of drug-likeness (QED) is 0.411. The van der Waals surface area contributed by atoms with Crippen molar-refractivity contribution in [1.82, 2.24) is 20.2 Å². The lowest BCUT2D eigenvalue weighted by Crippen LogP contribution is -1.97. The van der Waals surface area contributed by atoms with Crippen LogP contribution in [0.5, 0.6) is 0 Å². The van der Waals surface area contributed by atoms with Gasteiger partial charge in [0, 0.05) is 5.56 Å². The number of thioether (sulfide) groups is 1. The van der Waals surface area contributed by atoms with E-state index in [1.54, 1.807) is 22.2 Å². The molecule has 22 heavy (non-hydrogen) atoms. The van der Waals surface area contributed by atoms with Crippen LogP contribution in [0.4, 0.5) is 0 Å². The molecule has 0 aliphatic heterocycles. The van der Waals surface area contributed by atoms with Crippen LogP contribution in [0.2, 0.25) is 0 Å². The fourth-order valence-corrected chi connectivity index (χ4v) is 2.48. The molecule has 3 rings (SSSR count). The van der Waals surface area contributed by atoms with Gasteiger partial charge in [-0.15, -0.1) is 5.10 Å². The van der Waals surface area contributed by atoms with Crippen molar-refractivity contribution in [3.05, 3.63) is 77.7 Å². The van der Waals surface area contributed by atoms with E-state index in [1.807, 2.05) is 48.5 Å². The van der Waals surface area contributed by atoms with Gasteiger partial charge in [0.2, 0.25) is 5.16 Å². The first kappa shape index (κ1) is 14.2. The van der Waals surface area contributed by atoms with Crippen molar-refractivity contribution in [2.24, 2.45) is 0 Å². The van der Waals surface area contributed by atoms with E-state index in [4.69, 9.17) is 0 Å². The highest BCUT2D eigenvalue weighted by Crippen LogP contribution is 2.19. The third kappa shape index (κ3) is 3.29. The molecule has 1 heterocycles. The van der Waals surface area contributed by atoms with Crippen LogP contribution in [0.1, 0.15) is 10.4 Å². The molecule has 0 fully saturated rings. The molecular weight excluding hydrogens is 296 g/mol. The summed E-state index contributed by atoms with van der Waals surface area (Å²) in [5, 5.41) is 13.9. The van der Waals surface area contributed by atoms with E-state index in [0.717, 1.165) is 5.69 Å². The number of tetrazole rings is 1. The predicted molar refractivity (Wildman–Crippen MR) is 84.9 cm³/mol. The molecule has 5 nitrogen and oxygen atoms in total. The van der Waals surface area contributed by atoms with Crippen molar-refractivity contribution in [1.29, 1.82) is 0 Å². The lowest BCUT2D eigenvalue weighted by Gasteiger charge is -2.01. The van der Waals surface area contributed by atoms with Crippen molar-refractivity contribution < 1.29 is 4.79 Å². The standard InChI is InChI=1S/C16H12N4OS/c21-15(13-7-3-1-4-8-13)11-12-22-16-17-18-19-20(16)14-9-5-2-6-10-14/h1-12H/b12-11-. The molecule has 0 spiro atoms. The monoisotopic (exact) mass is 308 g/mol. The highest BCUT2D eigenvalue weighted by Gasteiger charge is 2.07. The van der Waals surface area contributed by atoms with Crippen LogP contribution in [0.25, 0.3) is 5.69 Å². The first-order valence-electron chi connectivity index (χ1n) is 6.61. The largest absolute Gasteiger partial charge is 0.289 e. The third-order valence-corrected chi connectivity index (χ3v) is 3.63. The van der Waals surface area contributed by atoms with Crippen LogP contribution in [-0.2, 0) is 0 Å². The molecule has 3 aromatic rings. The van der Waals surface area contributed by atoms with Crippen molar-refractivity contribution >= 4 is 17.5 Å². The van der Waals surface area contributed by atoms with Crippen molar-refractivity contribution in [2.75, 3.05) is 0 Å². The second-order valence-corrected chi connectivity index (χ2v) is 5.23. The Morgan fingerprint density at radius 3 is 2.41 bits per heavy atom. The molecule has 0 unspecified atom stereocenters. The van der Waals surface area contributed by atoms with Crippen molar-refractivity contribution in [2.45, 2.75) is 5.16 Å². The van der Waals surface area contributed by atoms with Gasteiger partial charge in [-0.25, -0.2) is 0 Å². The predicted octanol–water partition coefficient (Wildman–Crippen LogP) is 3.15. The number of hydrogen-bond acceptors (Lipinski definition) is 5. The molecule has 0 saturated carbocycles. The summed E-state index contributed by atoms with van der Waals surface area (Å²) in [6, 6.07) is 18.7. The van der Waals surface area contributed by atoms with Crippen LogP contribution >= 0.6 is 11.8 Å². The molecule has 0 atom stereocenters. The summed E-state index contributed by atoms with van der Waals surface area (Å²) in [5.41, 5.74) is 1.53. The summed E-state index contributed by atoms with van der Waals surface area (Å²) in [5.74, 6) is -0.0492. The van der Waals surface area contributed by atoms with E-state index in [2.05, 4.69) is 15.5 Å². The highest BCUT2D eigenvalue weighted by molar-refractivity contribution is 8.02. The molecule has 0 saturated heterocycles. The number of carbonyl (C=O) groups is 1. The van der Waals surface area contributed by atoms with Gasteiger partial charge < -0.3 is 0 Å². The summed E-state index contributed by atoms with van der Waals surface area (Å²) in [6.07, 6.45) is 1.52. The Labute approximate surface area is 131 Å². The number of hydrogen-bond donors (Lipinski definition) is 0. The molecule has 0 bridgehead atoms. The third-order valence-electron chi connectivity index (χ3n) is 2.89. The Bertz CT molecular complexity index is 784. The van der Waals surface area contributed by atoms with Gasteiger partial charge in [-0.05, 0) is 34.0 Å². The number of aromatic nitrogens is 4. The first-order chi connectivity index (χ1) is 10.8. The molecule has 2 aromatic carbocycles. The van der Waals surface area contributed by atoms with E-state index in [0.29, 0.717) is 10.7 Å². The van der Waals surface area contributed by atoms with Crippen molar-refractivity contribution in [3.8, 4) is 5.69 Å². The van der Waals surface area contributed by atoms with Crippen LogP contribution in [-0.4, -0.2) is 26.0 Å². The van der Waals surface area contributed by atoms with Crippen LogP contribution in [0.3, 0.4) is 0 Å². The molecule has 0 aliphatic carbocycles. The Morgan fingerprint density at radius 2 is 1.68 bits per heavy atom. The van der Waals surface area contributed by atoms with Gasteiger partial charge in [-0.2, -0.15) is 4.68 Å².